The van der Waals surface area contributed by atoms with E-state index in [2.05, 4.69) is 10.6 Å². The van der Waals surface area contributed by atoms with E-state index in [9.17, 15) is 14.4 Å². The molecule has 0 spiro atoms. The van der Waals surface area contributed by atoms with Gasteiger partial charge in [-0.2, -0.15) is 11.3 Å². The minimum Gasteiger partial charge on any atom is -0.352 e. The maximum Gasteiger partial charge on any atom is 0.253 e. The van der Waals surface area contributed by atoms with E-state index in [1.807, 2.05) is 5.38 Å². The number of thiophene rings is 1. The van der Waals surface area contributed by atoms with Gasteiger partial charge in [-0.05, 0) is 42.1 Å². The van der Waals surface area contributed by atoms with Crippen molar-refractivity contribution >= 4 is 34.7 Å². The summed E-state index contributed by atoms with van der Waals surface area (Å²) in [6, 6.07) is 8.52. The first-order valence-corrected chi connectivity index (χ1v) is 8.83. The van der Waals surface area contributed by atoms with Crippen LogP contribution >= 0.6 is 11.3 Å². The van der Waals surface area contributed by atoms with E-state index in [-0.39, 0.29) is 17.7 Å². The average Bonchev–Trinajstić information content (AvgIpc) is 3.13. The number of hydrogen-bond acceptors (Lipinski definition) is 4. The molecule has 0 atom stereocenters. The predicted octanol–water partition coefficient (Wildman–Crippen LogP) is 2.60. The van der Waals surface area contributed by atoms with Crippen LogP contribution in [0.15, 0.2) is 41.1 Å². The molecule has 0 aliphatic carbocycles. The average molecular weight is 359 g/mol. The zero-order chi connectivity index (χ0) is 18.2. The highest BCUT2D eigenvalue weighted by molar-refractivity contribution is 7.08. The molecule has 7 heteroatoms. The number of hydrogen-bond donors (Lipinski definition) is 2. The lowest BCUT2D eigenvalue weighted by Crippen LogP contribution is -2.25. The third kappa shape index (κ3) is 5.72. The molecule has 1 aromatic heterocycles. The molecule has 0 unspecified atom stereocenters. The van der Waals surface area contributed by atoms with Gasteiger partial charge in [-0.15, -0.1) is 0 Å². The topological polar surface area (TPSA) is 78.5 Å². The van der Waals surface area contributed by atoms with Gasteiger partial charge < -0.3 is 15.5 Å². The molecule has 1 aromatic carbocycles. The van der Waals surface area contributed by atoms with Crippen molar-refractivity contribution in [3.05, 3.63) is 52.2 Å². The van der Waals surface area contributed by atoms with E-state index in [4.69, 9.17) is 0 Å². The third-order valence-corrected chi connectivity index (χ3v) is 4.15. The molecule has 0 saturated carbocycles. The summed E-state index contributed by atoms with van der Waals surface area (Å²) in [5.74, 6) is -0.335. The Hall–Kier alpha value is -2.67. The second kappa shape index (κ2) is 8.98. The highest BCUT2D eigenvalue weighted by Gasteiger charge is 2.09. The van der Waals surface area contributed by atoms with Gasteiger partial charge in [0.2, 0.25) is 5.91 Å². The van der Waals surface area contributed by atoms with Gasteiger partial charge in [-0.25, -0.2) is 0 Å². The first kappa shape index (κ1) is 18.7. The van der Waals surface area contributed by atoms with Gasteiger partial charge in [0.15, 0.2) is 0 Å². The van der Waals surface area contributed by atoms with Gasteiger partial charge in [-0.1, -0.05) is 0 Å². The molecular formula is C18H21N3O3S. The standard InChI is InChI=1S/C18H21N3O3S/c1-21(2)18(24)13-5-7-15(8-6-13)20-16(22)4-3-10-19-17(23)14-9-11-25-12-14/h5-9,11-12H,3-4,10H2,1-2H3,(H,19,23)(H,20,22). The largest absolute Gasteiger partial charge is 0.352 e. The SMILES string of the molecule is CN(C)C(=O)c1ccc(NC(=O)CCCNC(=O)c2ccsc2)cc1. The Bertz CT molecular complexity index is 725. The summed E-state index contributed by atoms with van der Waals surface area (Å²) in [4.78, 5) is 37.0. The van der Waals surface area contributed by atoms with Crippen LogP contribution in [0.25, 0.3) is 0 Å². The Morgan fingerprint density at radius 2 is 1.76 bits per heavy atom. The molecule has 0 saturated heterocycles. The van der Waals surface area contributed by atoms with E-state index in [1.165, 1.54) is 16.2 Å². The molecule has 2 aromatic rings. The van der Waals surface area contributed by atoms with Gasteiger partial charge >= 0.3 is 0 Å². The summed E-state index contributed by atoms with van der Waals surface area (Å²) in [5, 5.41) is 9.19. The molecular weight excluding hydrogens is 338 g/mol. The van der Waals surface area contributed by atoms with Gasteiger partial charge in [0.05, 0.1) is 0 Å². The van der Waals surface area contributed by atoms with Gasteiger partial charge in [-0.3, -0.25) is 14.4 Å². The summed E-state index contributed by atoms with van der Waals surface area (Å²) in [5.41, 5.74) is 1.85. The molecule has 1 heterocycles. The van der Waals surface area contributed by atoms with Crippen LogP contribution in [0.2, 0.25) is 0 Å². The molecule has 0 aliphatic heterocycles. The van der Waals surface area contributed by atoms with Crippen molar-refractivity contribution in [3.8, 4) is 0 Å². The molecule has 0 radical (unpaired) electrons. The molecule has 6 nitrogen and oxygen atoms in total. The van der Waals surface area contributed by atoms with Crippen LogP contribution in [0.4, 0.5) is 5.69 Å². The van der Waals surface area contributed by atoms with Crippen molar-refractivity contribution in [2.45, 2.75) is 12.8 Å². The molecule has 0 aliphatic rings. The van der Waals surface area contributed by atoms with Crippen LogP contribution in [0, 0.1) is 0 Å². The first-order valence-electron chi connectivity index (χ1n) is 7.89. The molecule has 2 N–H and O–H groups in total. The van der Waals surface area contributed by atoms with Crippen LogP contribution in [0.5, 0.6) is 0 Å². The number of carbonyl (C=O) groups is 3. The Kier molecular flexibility index (Phi) is 6.71. The van der Waals surface area contributed by atoms with Crippen LogP contribution in [0.1, 0.15) is 33.6 Å². The van der Waals surface area contributed by atoms with Crippen LogP contribution in [0.3, 0.4) is 0 Å². The molecule has 0 bridgehead atoms. The highest BCUT2D eigenvalue weighted by atomic mass is 32.1. The van der Waals surface area contributed by atoms with Crippen LogP contribution < -0.4 is 10.6 Å². The fraction of sp³-hybridized carbons (Fsp3) is 0.278. The number of nitrogens with zero attached hydrogens (tertiary/aromatic N) is 1. The van der Waals surface area contributed by atoms with Gasteiger partial charge in [0, 0.05) is 49.3 Å². The van der Waals surface area contributed by atoms with Gasteiger partial charge in [0.1, 0.15) is 0 Å². The van der Waals surface area contributed by atoms with Crippen molar-refractivity contribution in [3.63, 3.8) is 0 Å². The van der Waals surface area contributed by atoms with E-state index < -0.39 is 0 Å². The number of carbonyl (C=O) groups excluding carboxylic acids is 3. The van der Waals surface area contributed by atoms with E-state index >= 15 is 0 Å². The maximum absolute atomic E-state index is 11.9. The Labute approximate surface area is 150 Å². The molecule has 3 amide bonds. The van der Waals surface area contributed by atoms with Gasteiger partial charge in [0.25, 0.3) is 11.8 Å². The summed E-state index contributed by atoms with van der Waals surface area (Å²) < 4.78 is 0. The van der Waals surface area contributed by atoms with Crippen molar-refractivity contribution in [1.82, 2.24) is 10.2 Å². The summed E-state index contributed by atoms with van der Waals surface area (Å²) >= 11 is 1.47. The first-order chi connectivity index (χ1) is 12.0. The number of anilines is 1. The lowest BCUT2D eigenvalue weighted by Gasteiger charge is -2.11. The number of benzene rings is 1. The zero-order valence-electron chi connectivity index (χ0n) is 14.2. The lowest BCUT2D eigenvalue weighted by atomic mass is 10.2. The smallest absolute Gasteiger partial charge is 0.253 e. The number of rotatable bonds is 7. The van der Waals surface area contributed by atoms with E-state index in [1.54, 1.807) is 49.8 Å². The summed E-state index contributed by atoms with van der Waals surface area (Å²) in [7, 11) is 3.38. The van der Waals surface area contributed by atoms with Crippen LogP contribution in [-0.2, 0) is 4.79 Å². The second-order valence-corrected chi connectivity index (χ2v) is 6.48. The number of amides is 3. The molecule has 25 heavy (non-hydrogen) atoms. The van der Waals surface area contributed by atoms with Crippen molar-refractivity contribution in [2.24, 2.45) is 0 Å². The minimum atomic E-state index is -0.128. The normalized spacial score (nSPS) is 10.2. The highest BCUT2D eigenvalue weighted by Crippen LogP contribution is 2.11. The summed E-state index contributed by atoms with van der Waals surface area (Å²) in [6.07, 6.45) is 0.862. The van der Waals surface area contributed by atoms with Crippen molar-refractivity contribution in [2.75, 3.05) is 26.0 Å². The second-order valence-electron chi connectivity index (χ2n) is 5.70. The minimum absolute atomic E-state index is 0.0840. The molecule has 0 fully saturated rings. The van der Waals surface area contributed by atoms with Crippen molar-refractivity contribution in [1.29, 1.82) is 0 Å². The fourth-order valence-electron chi connectivity index (χ4n) is 2.12. The Morgan fingerprint density at radius 1 is 1.04 bits per heavy atom. The van der Waals surface area contributed by atoms with Crippen LogP contribution in [-0.4, -0.2) is 43.3 Å². The fourth-order valence-corrected chi connectivity index (χ4v) is 2.76. The Balaban J connectivity index is 1.71. The molecule has 132 valence electrons. The quantitative estimate of drug-likeness (QED) is 0.746. The maximum atomic E-state index is 11.9. The summed E-state index contributed by atoms with van der Waals surface area (Å²) in [6.45, 7) is 0.443. The van der Waals surface area contributed by atoms with E-state index in [0.29, 0.717) is 36.2 Å². The Morgan fingerprint density at radius 3 is 2.36 bits per heavy atom. The predicted molar refractivity (Wildman–Crippen MR) is 99.0 cm³/mol. The van der Waals surface area contributed by atoms with Crippen molar-refractivity contribution < 1.29 is 14.4 Å². The van der Waals surface area contributed by atoms with E-state index in [0.717, 1.165) is 0 Å². The zero-order valence-corrected chi connectivity index (χ0v) is 15.1. The monoisotopic (exact) mass is 359 g/mol. The lowest BCUT2D eigenvalue weighted by molar-refractivity contribution is -0.116. The number of nitrogens with one attached hydrogen (secondary N) is 2. The molecule has 2 rings (SSSR count). The third-order valence-electron chi connectivity index (χ3n) is 3.47.